The number of amidine groups is 1. The molecule has 0 spiro atoms. The number of amides is 1. The van der Waals surface area contributed by atoms with Crippen molar-refractivity contribution in [3.05, 3.63) is 29.8 Å². The van der Waals surface area contributed by atoms with Crippen LogP contribution in [0.15, 0.2) is 29.4 Å². The maximum Gasteiger partial charge on any atom is 0.253 e. The summed E-state index contributed by atoms with van der Waals surface area (Å²) in [6.07, 6.45) is 0.836. The summed E-state index contributed by atoms with van der Waals surface area (Å²) in [6.45, 7) is 2.54. The quantitative estimate of drug-likeness (QED) is 0.350. The summed E-state index contributed by atoms with van der Waals surface area (Å²) < 4.78 is 0. The van der Waals surface area contributed by atoms with Crippen LogP contribution in [0.4, 0.5) is 5.69 Å². The highest BCUT2D eigenvalue weighted by Crippen LogP contribution is 2.14. The summed E-state index contributed by atoms with van der Waals surface area (Å²) >= 11 is 0. The summed E-state index contributed by atoms with van der Waals surface area (Å²) in [7, 11) is 0. The van der Waals surface area contributed by atoms with Crippen LogP contribution in [-0.4, -0.2) is 24.0 Å². The molecule has 1 amide bonds. The van der Waals surface area contributed by atoms with Crippen molar-refractivity contribution in [2.24, 2.45) is 10.8 Å². The highest BCUT2D eigenvalue weighted by Gasteiger charge is 2.10. The first-order valence-corrected chi connectivity index (χ1v) is 6.05. The number of carbonyl (C=O) groups is 1. The molecule has 0 aliphatic rings. The van der Waals surface area contributed by atoms with Crippen molar-refractivity contribution >= 4 is 23.1 Å². The first kappa shape index (κ1) is 15.2. The molecule has 0 heterocycles. The minimum absolute atomic E-state index is 0.230. The molecule has 7 nitrogen and oxygen atoms in total. The van der Waals surface area contributed by atoms with Gasteiger partial charge in [-0.3, -0.25) is 15.6 Å². The number of nitriles is 1. The molecule has 0 atom stereocenters. The molecule has 7 heteroatoms. The van der Waals surface area contributed by atoms with Gasteiger partial charge in [0.15, 0.2) is 5.84 Å². The van der Waals surface area contributed by atoms with E-state index in [0.29, 0.717) is 17.8 Å². The fraction of sp³-hybridized carbons (Fsp3) is 0.231. The van der Waals surface area contributed by atoms with Crippen molar-refractivity contribution in [1.29, 1.82) is 10.7 Å². The van der Waals surface area contributed by atoms with Gasteiger partial charge in [-0.25, -0.2) is 0 Å². The Morgan fingerprint density at radius 1 is 1.50 bits per heavy atom. The third-order valence-electron chi connectivity index (χ3n) is 2.36. The normalized spacial score (nSPS) is 10.5. The number of carbonyl (C=O) groups excluding carboxylic acids is 1. The van der Waals surface area contributed by atoms with Crippen molar-refractivity contribution in [2.45, 2.75) is 13.3 Å². The van der Waals surface area contributed by atoms with Crippen LogP contribution in [0.3, 0.4) is 0 Å². The van der Waals surface area contributed by atoms with Gasteiger partial charge in [-0.15, -0.1) is 0 Å². The monoisotopic (exact) mass is 272 g/mol. The second kappa shape index (κ2) is 7.53. The lowest BCUT2D eigenvalue weighted by atomic mass is 10.1. The predicted molar refractivity (Wildman–Crippen MR) is 77.7 cm³/mol. The van der Waals surface area contributed by atoms with Crippen LogP contribution in [0.2, 0.25) is 0 Å². The molecule has 0 aromatic heterocycles. The van der Waals surface area contributed by atoms with Crippen LogP contribution in [-0.2, 0) is 0 Å². The van der Waals surface area contributed by atoms with Crippen molar-refractivity contribution < 1.29 is 4.79 Å². The molecule has 0 aliphatic heterocycles. The molecule has 0 bridgehead atoms. The van der Waals surface area contributed by atoms with E-state index in [0.717, 1.165) is 6.42 Å². The molecule has 20 heavy (non-hydrogen) atoms. The number of rotatable bonds is 6. The maximum absolute atomic E-state index is 11.9. The molecule has 0 fully saturated rings. The van der Waals surface area contributed by atoms with Gasteiger partial charge >= 0.3 is 0 Å². The van der Waals surface area contributed by atoms with E-state index in [1.54, 1.807) is 30.3 Å². The zero-order chi connectivity index (χ0) is 15.0. The second-order valence-electron chi connectivity index (χ2n) is 3.90. The zero-order valence-electron chi connectivity index (χ0n) is 11.1. The fourth-order valence-electron chi connectivity index (χ4n) is 1.37. The van der Waals surface area contributed by atoms with Crippen LogP contribution in [0.5, 0.6) is 0 Å². The van der Waals surface area contributed by atoms with E-state index in [1.807, 2.05) is 6.92 Å². The Morgan fingerprint density at radius 2 is 2.20 bits per heavy atom. The molecule has 0 saturated carbocycles. The van der Waals surface area contributed by atoms with Gasteiger partial charge in [0.1, 0.15) is 6.07 Å². The van der Waals surface area contributed by atoms with Crippen molar-refractivity contribution in [1.82, 2.24) is 5.32 Å². The summed E-state index contributed by atoms with van der Waals surface area (Å²) in [6, 6.07) is 8.44. The maximum atomic E-state index is 11.9. The van der Waals surface area contributed by atoms with Gasteiger partial charge in [0, 0.05) is 6.54 Å². The molecular weight excluding hydrogens is 256 g/mol. The third kappa shape index (κ3) is 4.10. The molecule has 5 N–H and O–H groups in total. The van der Waals surface area contributed by atoms with Gasteiger partial charge < -0.3 is 11.1 Å². The van der Waals surface area contributed by atoms with Crippen molar-refractivity contribution in [2.75, 3.05) is 12.0 Å². The number of nitrogens with zero attached hydrogens (tertiary/aromatic N) is 2. The van der Waals surface area contributed by atoms with Crippen LogP contribution in [0.25, 0.3) is 0 Å². The van der Waals surface area contributed by atoms with Crippen molar-refractivity contribution in [3.8, 4) is 6.07 Å². The van der Waals surface area contributed by atoms with E-state index in [9.17, 15) is 4.79 Å². The SMILES string of the molecule is CCCNC(=O)c1ccccc1N/N=C(\C#N)C(=N)N. The first-order chi connectivity index (χ1) is 9.60. The van der Waals surface area contributed by atoms with E-state index in [2.05, 4.69) is 15.8 Å². The lowest BCUT2D eigenvalue weighted by Crippen LogP contribution is -2.25. The standard InChI is InChI=1S/C13H16N6O/c1-2-7-17-13(20)9-5-3-4-6-10(9)18-19-11(8-14)12(15)16/h3-6,18H,2,7H2,1H3,(H3,15,16)(H,17,20)/b19-11+. The number of nitrogens with two attached hydrogens (primary N) is 1. The highest BCUT2D eigenvalue weighted by atomic mass is 16.1. The number of anilines is 1. The zero-order valence-corrected chi connectivity index (χ0v) is 11.1. The Bertz CT molecular complexity index is 572. The number of hydrogen-bond donors (Lipinski definition) is 4. The Hall–Kier alpha value is -2.88. The topological polar surface area (TPSA) is 127 Å². The minimum atomic E-state index is -0.437. The average molecular weight is 272 g/mol. The van der Waals surface area contributed by atoms with E-state index in [4.69, 9.17) is 16.4 Å². The molecule has 104 valence electrons. The van der Waals surface area contributed by atoms with Gasteiger partial charge in [0.05, 0.1) is 11.3 Å². The second-order valence-corrected chi connectivity index (χ2v) is 3.90. The van der Waals surface area contributed by atoms with E-state index in [-0.39, 0.29) is 11.6 Å². The van der Waals surface area contributed by atoms with E-state index < -0.39 is 5.84 Å². The van der Waals surface area contributed by atoms with Crippen molar-refractivity contribution in [3.63, 3.8) is 0 Å². The van der Waals surface area contributed by atoms with Gasteiger partial charge in [-0.1, -0.05) is 19.1 Å². The van der Waals surface area contributed by atoms with Gasteiger partial charge in [-0.2, -0.15) is 10.4 Å². The lowest BCUT2D eigenvalue weighted by Gasteiger charge is -2.09. The molecule has 0 saturated heterocycles. The van der Waals surface area contributed by atoms with Crippen LogP contribution in [0.1, 0.15) is 23.7 Å². The summed E-state index contributed by atoms with van der Waals surface area (Å²) in [5.74, 6) is -0.667. The number of para-hydroxylation sites is 1. The van der Waals surface area contributed by atoms with Gasteiger partial charge in [0.25, 0.3) is 5.91 Å². The molecule has 1 aromatic carbocycles. The fourth-order valence-corrected chi connectivity index (χ4v) is 1.37. The molecular formula is C13H16N6O. The summed E-state index contributed by atoms with van der Waals surface area (Å²) in [5.41, 5.74) is 8.38. The number of hydrazone groups is 1. The van der Waals surface area contributed by atoms with Crippen LogP contribution >= 0.6 is 0 Å². The number of hydrogen-bond acceptors (Lipinski definition) is 5. The van der Waals surface area contributed by atoms with Crippen LogP contribution in [0, 0.1) is 16.7 Å². The minimum Gasteiger partial charge on any atom is -0.382 e. The molecule has 0 aliphatic carbocycles. The molecule has 0 unspecified atom stereocenters. The predicted octanol–water partition coefficient (Wildman–Crippen LogP) is 1.05. The van der Waals surface area contributed by atoms with Gasteiger partial charge in [-0.05, 0) is 18.6 Å². The smallest absolute Gasteiger partial charge is 0.253 e. The average Bonchev–Trinajstić information content (AvgIpc) is 2.45. The summed E-state index contributed by atoms with van der Waals surface area (Å²) in [4.78, 5) is 11.9. The first-order valence-electron chi connectivity index (χ1n) is 6.05. The Balaban J connectivity index is 2.94. The number of nitrogens with one attached hydrogen (secondary N) is 3. The van der Waals surface area contributed by atoms with Gasteiger partial charge in [0.2, 0.25) is 5.71 Å². The Morgan fingerprint density at radius 3 is 2.80 bits per heavy atom. The Labute approximate surface area is 117 Å². The third-order valence-corrected chi connectivity index (χ3v) is 2.36. The Kier molecular flexibility index (Phi) is 5.72. The lowest BCUT2D eigenvalue weighted by molar-refractivity contribution is 0.0954. The summed E-state index contributed by atoms with van der Waals surface area (Å²) in [5, 5.41) is 22.4. The van der Waals surface area contributed by atoms with E-state index >= 15 is 0 Å². The highest BCUT2D eigenvalue weighted by molar-refractivity contribution is 6.45. The molecule has 1 rings (SSSR count). The van der Waals surface area contributed by atoms with E-state index in [1.165, 1.54) is 0 Å². The van der Waals surface area contributed by atoms with Crippen LogP contribution < -0.4 is 16.5 Å². The molecule has 0 radical (unpaired) electrons. The molecule has 1 aromatic rings. The number of benzene rings is 1. The largest absolute Gasteiger partial charge is 0.382 e.